The first-order valence-corrected chi connectivity index (χ1v) is 13.8. The number of hydrogen-bond acceptors (Lipinski definition) is 5. The third-order valence-corrected chi connectivity index (χ3v) is 8.18. The van der Waals surface area contributed by atoms with Crippen molar-refractivity contribution in [2.45, 2.75) is 69.8 Å². The van der Waals surface area contributed by atoms with Gasteiger partial charge in [-0.15, -0.1) is 0 Å². The molecule has 1 saturated heterocycles. The van der Waals surface area contributed by atoms with Gasteiger partial charge < -0.3 is 14.4 Å². The Labute approximate surface area is 237 Å². The number of nitrogens with zero attached hydrogens (tertiary/aromatic N) is 2. The Bertz CT molecular complexity index is 1240. The minimum absolute atomic E-state index is 0.0634. The molecule has 4 rings (SSSR count). The molecule has 0 atom stereocenters. The molecule has 1 heterocycles. The number of hydrogen-bond donors (Lipinski definition) is 0. The molecule has 2 aliphatic rings. The lowest BCUT2D eigenvalue weighted by Gasteiger charge is -2.50. The topological polar surface area (TPSA) is 51.1 Å². The average molecular weight is 550 g/mol. The minimum Gasteiger partial charge on any atom is -0.471 e. The molecule has 0 N–H and O–H groups in total. The second-order valence-corrected chi connectivity index (χ2v) is 10.8. The average Bonchev–Trinajstić information content (AvgIpc) is 2.91. The van der Waals surface area contributed by atoms with Crippen LogP contribution in [0.15, 0.2) is 41.4 Å². The highest BCUT2D eigenvalue weighted by molar-refractivity contribution is 6.40. The second kappa shape index (κ2) is 12.4. The van der Waals surface area contributed by atoms with E-state index in [1.54, 1.807) is 12.1 Å². The summed E-state index contributed by atoms with van der Waals surface area (Å²) in [5.41, 5.74) is 2.94. The Kier molecular flexibility index (Phi) is 9.38. The molecule has 1 aliphatic carbocycles. The molecule has 10 heteroatoms. The van der Waals surface area contributed by atoms with E-state index in [9.17, 15) is 18.0 Å². The standard InChI is InChI=1S/C30H35B2F3N2O3/c1-4-20-14-22(10-13-26(20)29(31,32)37-16-23(17-37)28(38)39-3)19(2)36-18-40-24-11-12-25(21-8-6-5-7-9-21)27(15-24)30(33,34)35/h10-15,21,23H,4-9,16-18H2,1-3H3. The van der Waals surface area contributed by atoms with Crippen LogP contribution in [-0.2, 0) is 27.5 Å². The second-order valence-electron chi connectivity index (χ2n) is 10.8. The van der Waals surface area contributed by atoms with Gasteiger partial charge in [-0.2, -0.15) is 13.2 Å². The fourth-order valence-corrected chi connectivity index (χ4v) is 5.70. The highest BCUT2D eigenvalue weighted by Crippen LogP contribution is 2.42. The van der Waals surface area contributed by atoms with Crippen LogP contribution < -0.4 is 4.74 Å². The van der Waals surface area contributed by atoms with E-state index in [4.69, 9.17) is 25.2 Å². The number of carbonyl (C=O) groups is 1. The number of esters is 1. The van der Waals surface area contributed by atoms with Crippen molar-refractivity contribution >= 4 is 27.4 Å². The van der Waals surface area contributed by atoms with Crippen LogP contribution in [0.25, 0.3) is 0 Å². The molecule has 4 radical (unpaired) electrons. The van der Waals surface area contributed by atoms with E-state index < -0.39 is 17.1 Å². The summed E-state index contributed by atoms with van der Waals surface area (Å²) in [5, 5.41) is -1.25. The van der Waals surface area contributed by atoms with E-state index in [2.05, 4.69) is 4.99 Å². The van der Waals surface area contributed by atoms with Crippen LogP contribution >= 0.6 is 0 Å². The summed E-state index contributed by atoms with van der Waals surface area (Å²) in [6.07, 6.45) is 0.793. The van der Waals surface area contributed by atoms with E-state index in [0.717, 1.165) is 54.9 Å². The zero-order valence-electron chi connectivity index (χ0n) is 23.4. The Morgan fingerprint density at radius 1 is 1.05 bits per heavy atom. The highest BCUT2D eigenvalue weighted by Gasteiger charge is 2.42. The number of aliphatic imine (C=N–C) groups is 1. The Morgan fingerprint density at radius 3 is 2.38 bits per heavy atom. The summed E-state index contributed by atoms with van der Waals surface area (Å²) in [7, 11) is 14.4. The molecule has 0 spiro atoms. The monoisotopic (exact) mass is 550 g/mol. The fourth-order valence-electron chi connectivity index (χ4n) is 5.70. The summed E-state index contributed by atoms with van der Waals surface area (Å²) in [6.45, 7) is 4.53. The minimum atomic E-state index is -4.44. The first-order valence-electron chi connectivity index (χ1n) is 13.8. The molecule has 0 aromatic heterocycles. The molecule has 210 valence electrons. The summed E-state index contributed by atoms with van der Waals surface area (Å²) in [6, 6.07) is 9.95. The predicted octanol–water partition coefficient (Wildman–Crippen LogP) is 5.71. The quantitative estimate of drug-likeness (QED) is 0.228. The zero-order chi connectivity index (χ0) is 29.1. The molecule has 1 saturated carbocycles. The molecule has 5 nitrogen and oxygen atoms in total. The smallest absolute Gasteiger partial charge is 0.416 e. The number of ether oxygens (including phenoxy) is 2. The summed E-state index contributed by atoms with van der Waals surface area (Å²) >= 11 is 0. The highest BCUT2D eigenvalue weighted by atomic mass is 19.4. The van der Waals surface area contributed by atoms with Gasteiger partial charge in [0.25, 0.3) is 0 Å². The van der Waals surface area contributed by atoms with E-state index in [-0.39, 0.29) is 30.3 Å². The van der Waals surface area contributed by atoms with Gasteiger partial charge >= 0.3 is 12.1 Å². The maximum absolute atomic E-state index is 13.9. The van der Waals surface area contributed by atoms with E-state index in [1.807, 2.05) is 36.9 Å². The van der Waals surface area contributed by atoms with Crippen LogP contribution in [0.2, 0.25) is 0 Å². The number of methoxy groups -OCH3 is 1. The first kappa shape index (κ1) is 30.2. The Hall–Kier alpha value is -2.74. The van der Waals surface area contributed by atoms with Crippen molar-refractivity contribution in [2.24, 2.45) is 10.9 Å². The molecule has 2 aromatic rings. The molecule has 2 aromatic carbocycles. The normalized spacial score (nSPS) is 17.9. The number of likely N-dealkylation sites (tertiary alicyclic amines) is 1. The van der Waals surface area contributed by atoms with E-state index in [0.29, 0.717) is 30.8 Å². The van der Waals surface area contributed by atoms with Crippen molar-refractivity contribution in [1.82, 2.24) is 4.90 Å². The number of carbonyl (C=O) groups excluding carboxylic acids is 1. The molecule has 40 heavy (non-hydrogen) atoms. The lowest BCUT2D eigenvalue weighted by Crippen LogP contribution is -2.61. The van der Waals surface area contributed by atoms with Crippen molar-refractivity contribution in [2.75, 3.05) is 26.9 Å². The van der Waals surface area contributed by atoms with Gasteiger partial charge in [-0.05, 0) is 77.9 Å². The third kappa shape index (κ3) is 6.59. The van der Waals surface area contributed by atoms with Crippen molar-refractivity contribution in [1.29, 1.82) is 0 Å². The number of alkyl halides is 3. The van der Waals surface area contributed by atoms with E-state index >= 15 is 0 Å². The van der Waals surface area contributed by atoms with Crippen LogP contribution in [0, 0.1) is 5.92 Å². The van der Waals surface area contributed by atoms with Gasteiger partial charge in [-0.3, -0.25) is 9.79 Å². The van der Waals surface area contributed by atoms with Crippen molar-refractivity contribution in [3.8, 4) is 5.75 Å². The van der Waals surface area contributed by atoms with Gasteiger partial charge in [0.15, 0.2) is 6.73 Å². The molecule has 0 amide bonds. The SMILES string of the molecule is [B]C([B])(c1ccc(C(C)=NCOc2ccc(C3CCCCC3)c(C(F)(F)F)c2)cc1CC)N1CC(C(=O)OC)C1. The number of halogens is 3. The third-order valence-electron chi connectivity index (χ3n) is 8.18. The van der Waals surface area contributed by atoms with Gasteiger partial charge in [0, 0.05) is 18.8 Å². The molecule has 2 fully saturated rings. The van der Waals surface area contributed by atoms with Gasteiger partial charge in [0.1, 0.15) is 5.75 Å². The van der Waals surface area contributed by atoms with Gasteiger partial charge in [0.05, 0.1) is 34.3 Å². The molecular weight excluding hydrogens is 515 g/mol. The largest absolute Gasteiger partial charge is 0.471 e. The summed E-state index contributed by atoms with van der Waals surface area (Å²) < 4.78 is 52.0. The Morgan fingerprint density at radius 2 is 1.75 bits per heavy atom. The number of benzene rings is 2. The fraction of sp³-hybridized carbons (Fsp3) is 0.533. The molecular formula is C30H35B2F3N2O3. The van der Waals surface area contributed by atoms with Crippen molar-refractivity contribution < 1.29 is 27.4 Å². The maximum atomic E-state index is 13.9. The van der Waals surface area contributed by atoms with Crippen LogP contribution in [0.1, 0.15) is 79.7 Å². The van der Waals surface area contributed by atoms with Crippen LogP contribution in [0.3, 0.4) is 0 Å². The lowest BCUT2D eigenvalue weighted by atomic mass is 9.54. The molecule has 0 unspecified atom stereocenters. The molecule has 0 bridgehead atoms. The predicted molar refractivity (Wildman–Crippen MR) is 151 cm³/mol. The van der Waals surface area contributed by atoms with Gasteiger partial charge in [-0.25, -0.2) is 0 Å². The van der Waals surface area contributed by atoms with Gasteiger partial charge in [-0.1, -0.05) is 44.4 Å². The zero-order valence-corrected chi connectivity index (χ0v) is 23.4. The number of rotatable bonds is 9. The van der Waals surface area contributed by atoms with Crippen molar-refractivity contribution in [3.63, 3.8) is 0 Å². The summed E-state index contributed by atoms with van der Waals surface area (Å²) in [4.78, 5) is 18.1. The summed E-state index contributed by atoms with van der Waals surface area (Å²) in [5.74, 6) is -0.441. The maximum Gasteiger partial charge on any atom is 0.416 e. The lowest BCUT2D eigenvalue weighted by molar-refractivity contribution is -0.152. The number of aryl methyl sites for hydroxylation is 1. The van der Waals surface area contributed by atoms with Crippen LogP contribution in [0.5, 0.6) is 5.75 Å². The van der Waals surface area contributed by atoms with Crippen LogP contribution in [0.4, 0.5) is 13.2 Å². The van der Waals surface area contributed by atoms with Crippen molar-refractivity contribution in [3.05, 3.63) is 64.2 Å². The first-order chi connectivity index (χ1) is 19.0. The van der Waals surface area contributed by atoms with Gasteiger partial charge in [0.2, 0.25) is 0 Å². The molecule has 1 aliphatic heterocycles. The van der Waals surface area contributed by atoms with Crippen LogP contribution in [-0.4, -0.2) is 59.2 Å². The van der Waals surface area contributed by atoms with E-state index in [1.165, 1.54) is 7.11 Å². The Balaban J connectivity index is 1.45.